The molecule has 1 amide bonds. The number of hydrogen-bond donors (Lipinski definition) is 1. The Balaban J connectivity index is 0.000000303. The van der Waals surface area contributed by atoms with Gasteiger partial charge in [0.15, 0.2) is 5.88 Å². The van der Waals surface area contributed by atoms with Crippen molar-refractivity contribution < 1.29 is 19.1 Å². The first-order valence-corrected chi connectivity index (χ1v) is 16.3. The fourth-order valence-corrected chi connectivity index (χ4v) is 6.95. The summed E-state index contributed by atoms with van der Waals surface area (Å²) in [6.45, 7) is 5.87. The van der Waals surface area contributed by atoms with Crippen LogP contribution in [0.1, 0.15) is 59.4 Å². The molecule has 1 unspecified atom stereocenters. The maximum absolute atomic E-state index is 13.7. The first-order valence-electron chi connectivity index (χ1n) is 16.3. The van der Waals surface area contributed by atoms with E-state index >= 15 is 0 Å². The molecule has 1 aliphatic carbocycles. The number of pyridine rings is 2. The van der Waals surface area contributed by atoms with E-state index < -0.39 is 0 Å². The van der Waals surface area contributed by atoms with Crippen LogP contribution >= 0.6 is 0 Å². The summed E-state index contributed by atoms with van der Waals surface area (Å²) in [6, 6.07) is 20.0. The number of hydrogen-bond acceptors (Lipinski definition) is 7. The zero-order valence-electron chi connectivity index (χ0n) is 27.3. The number of aromatic nitrogens is 4. The molecule has 2 bridgehead atoms. The summed E-state index contributed by atoms with van der Waals surface area (Å²) in [4.78, 5) is 35.4. The minimum Gasteiger partial charge on any atom is -0.482 e. The van der Waals surface area contributed by atoms with Gasteiger partial charge in [0.25, 0.3) is 12.4 Å². The Bertz CT molecular complexity index is 2010. The van der Waals surface area contributed by atoms with Crippen molar-refractivity contribution in [1.82, 2.24) is 29.2 Å². The van der Waals surface area contributed by atoms with Crippen LogP contribution in [0.2, 0.25) is 0 Å². The molecule has 8 rings (SSSR count). The van der Waals surface area contributed by atoms with E-state index in [4.69, 9.17) is 14.7 Å². The molecule has 1 atom stereocenters. The van der Waals surface area contributed by atoms with Gasteiger partial charge < -0.3 is 24.3 Å². The van der Waals surface area contributed by atoms with Gasteiger partial charge >= 0.3 is 0 Å². The molecule has 47 heavy (non-hydrogen) atoms. The lowest BCUT2D eigenvalue weighted by molar-refractivity contribution is -0.129. The minimum atomic E-state index is 0.0216. The van der Waals surface area contributed by atoms with Crippen LogP contribution in [0.5, 0.6) is 5.88 Å². The fourth-order valence-electron chi connectivity index (χ4n) is 6.95. The standard InChI is InChI=1S/C29H32N6O2.C8H8O2/c1-16-5-8-19-11-24(33(28(19)31-16)15-18-6-7-18)27-17(2)34-25(32-27)12-20(13-26(34)37-4)29(36)35-21-9-10-23(35)22(14-21)30-3;9-7-10-6-8-4-2-1-3-5-8/h5,8,11-13,18,21,30H,6-7,9-10,14-15H2,1-4H3;1-5,7H,6H2. The van der Waals surface area contributed by atoms with E-state index in [2.05, 4.69) is 39.7 Å². The zero-order chi connectivity index (χ0) is 32.7. The number of fused-ring (bicyclic) bond motifs is 4. The summed E-state index contributed by atoms with van der Waals surface area (Å²) in [6.07, 6.45) is 5.40. The van der Waals surface area contributed by atoms with Gasteiger partial charge in [-0.1, -0.05) is 30.3 Å². The molecule has 5 aromatic rings. The van der Waals surface area contributed by atoms with E-state index in [0.717, 1.165) is 76.5 Å². The third kappa shape index (κ3) is 5.73. The smallest absolute Gasteiger partial charge is 0.293 e. The second-order valence-electron chi connectivity index (χ2n) is 12.6. The molecule has 4 aromatic heterocycles. The molecule has 242 valence electrons. The van der Waals surface area contributed by atoms with Crippen LogP contribution in [0.3, 0.4) is 0 Å². The van der Waals surface area contributed by atoms with Gasteiger partial charge in [-0.2, -0.15) is 0 Å². The van der Waals surface area contributed by atoms with Crippen molar-refractivity contribution >= 4 is 29.1 Å². The second kappa shape index (κ2) is 12.6. The predicted octanol–water partition coefficient (Wildman–Crippen LogP) is 6.19. The third-order valence-electron chi connectivity index (χ3n) is 9.48. The number of carbonyl (C=O) groups excluding carboxylic acids is 2. The summed E-state index contributed by atoms with van der Waals surface area (Å²) in [7, 11) is 3.59. The van der Waals surface area contributed by atoms with E-state index in [9.17, 15) is 9.59 Å². The number of rotatable bonds is 9. The van der Waals surface area contributed by atoms with Crippen molar-refractivity contribution in [3.05, 3.63) is 94.6 Å². The van der Waals surface area contributed by atoms with Gasteiger partial charge in [-0.3, -0.25) is 14.0 Å². The molecule has 3 aliphatic rings. The Labute approximate surface area is 274 Å². The highest BCUT2D eigenvalue weighted by molar-refractivity contribution is 5.98. The Morgan fingerprint density at radius 2 is 1.85 bits per heavy atom. The van der Waals surface area contributed by atoms with Gasteiger partial charge in [-0.05, 0) is 75.3 Å². The molecule has 1 N–H and O–H groups in total. The lowest BCUT2D eigenvalue weighted by Crippen LogP contribution is -2.30. The van der Waals surface area contributed by atoms with E-state index in [1.165, 1.54) is 18.5 Å². The molecule has 1 saturated heterocycles. The van der Waals surface area contributed by atoms with Crippen molar-refractivity contribution in [3.8, 4) is 17.3 Å². The number of benzene rings is 1. The van der Waals surface area contributed by atoms with Gasteiger partial charge in [0, 0.05) is 60.2 Å². The Morgan fingerprint density at radius 3 is 2.55 bits per heavy atom. The first-order chi connectivity index (χ1) is 22.9. The zero-order valence-corrected chi connectivity index (χ0v) is 27.3. The van der Waals surface area contributed by atoms with Crippen LogP contribution < -0.4 is 10.1 Å². The second-order valence-corrected chi connectivity index (χ2v) is 12.6. The van der Waals surface area contributed by atoms with Crippen LogP contribution in [0.25, 0.3) is 28.1 Å². The van der Waals surface area contributed by atoms with Gasteiger partial charge in [0.1, 0.15) is 23.6 Å². The monoisotopic (exact) mass is 632 g/mol. The van der Waals surface area contributed by atoms with E-state index in [0.29, 0.717) is 30.4 Å². The highest BCUT2D eigenvalue weighted by Crippen LogP contribution is 2.42. The highest BCUT2D eigenvalue weighted by Gasteiger charge is 2.41. The molecular weight excluding hydrogens is 592 g/mol. The van der Waals surface area contributed by atoms with Crippen LogP contribution in [-0.2, 0) is 22.7 Å². The quantitative estimate of drug-likeness (QED) is 0.194. The summed E-state index contributed by atoms with van der Waals surface area (Å²) < 4.78 is 14.7. The number of amides is 1. The predicted molar refractivity (Wildman–Crippen MR) is 180 cm³/mol. The Morgan fingerprint density at radius 1 is 1.04 bits per heavy atom. The van der Waals surface area contributed by atoms with Crippen molar-refractivity contribution in [2.75, 3.05) is 14.2 Å². The highest BCUT2D eigenvalue weighted by atomic mass is 16.5. The molecular formula is C37H40N6O4. The Kier molecular flexibility index (Phi) is 8.17. The number of nitrogens with one attached hydrogen (secondary N) is 1. The van der Waals surface area contributed by atoms with Crippen molar-refractivity contribution in [1.29, 1.82) is 0 Å². The summed E-state index contributed by atoms with van der Waals surface area (Å²) in [5.74, 6) is 1.33. The number of methoxy groups -OCH3 is 1. The van der Waals surface area contributed by atoms with Gasteiger partial charge in [0.05, 0.1) is 18.5 Å². The molecule has 2 aliphatic heterocycles. The first kappa shape index (κ1) is 30.5. The minimum absolute atomic E-state index is 0.0216. The average Bonchev–Trinajstić information content (AvgIpc) is 3.40. The Hall–Kier alpha value is -5.12. The molecule has 0 radical (unpaired) electrons. The molecule has 10 heteroatoms. The topological polar surface area (TPSA) is 103 Å². The molecule has 1 aromatic carbocycles. The summed E-state index contributed by atoms with van der Waals surface area (Å²) in [5.41, 5.74) is 9.64. The number of carbonyl (C=O) groups is 2. The van der Waals surface area contributed by atoms with Crippen LogP contribution in [0, 0.1) is 19.8 Å². The molecule has 10 nitrogen and oxygen atoms in total. The lowest BCUT2D eigenvalue weighted by Gasteiger charge is -2.20. The number of allylic oxidation sites excluding steroid dienone is 1. The van der Waals surface area contributed by atoms with Gasteiger partial charge in [-0.25, -0.2) is 9.97 Å². The average molecular weight is 633 g/mol. The lowest BCUT2D eigenvalue weighted by atomic mass is 10.0. The molecule has 1 saturated carbocycles. The van der Waals surface area contributed by atoms with Crippen LogP contribution in [0.15, 0.2) is 72.1 Å². The van der Waals surface area contributed by atoms with E-state index in [1.807, 2.05) is 65.7 Å². The van der Waals surface area contributed by atoms with E-state index in [-0.39, 0.29) is 11.9 Å². The van der Waals surface area contributed by atoms with Crippen LogP contribution in [0.4, 0.5) is 0 Å². The number of ether oxygens (including phenoxy) is 2. The molecule has 6 heterocycles. The molecule has 2 fully saturated rings. The SMILES string of the molecule is CNC1=C2CCC(C1)N2C(=O)c1cc(OC)n2c(C)c(-c3cc4ccc(C)nc4n3CC3CC3)nc2c1.O=COCc1ccccc1. The fraction of sp³-hybridized carbons (Fsp3) is 0.351. The normalized spacial score (nSPS) is 16.9. The largest absolute Gasteiger partial charge is 0.482 e. The molecule has 0 spiro atoms. The van der Waals surface area contributed by atoms with Crippen molar-refractivity contribution in [3.63, 3.8) is 0 Å². The maximum atomic E-state index is 13.7. The van der Waals surface area contributed by atoms with Gasteiger partial charge in [-0.15, -0.1) is 0 Å². The van der Waals surface area contributed by atoms with Crippen molar-refractivity contribution in [2.45, 2.75) is 65.1 Å². The van der Waals surface area contributed by atoms with E-state index in [1.54, 1.807) is 7.11 Å². The van der Waals surface area contributed by atoms with Crippen LogP contribution in [-0.4, -0.2) is 56.4 Å². The number of nitrogens with zero attached hydrogens (tertiary/aromatic N) is 5. The number of imidazole rings is 1. The summed E-state index contributed by atoms with van der Waals surface area (Å²) in [5, 5.41) is 4.41. The number of aryl methyl sites for hydroxylation is 2. The maximum Gasteiger partial charge on any atom is 0.293 e. The summed E-state index contributed by atoms with van der Waals surface area (Å²) >= 11 is 0. The van der Waals surface area contributed by atoms with Gasteiger partial charge in [0.2, 0.25) is 0 Å². The third-order valence-corrected chi connectivity index (χ3v) is 9.48. The van der Waals surface area contributed by atoms with Crippen molar-refractivity contribution in [2.24, 2.45) is 5.92 Å².